The average Bonchev–Trinajstić information content (AvgIpc) is 3.29. The Balaban J connectivity index is 1.66. The van der Waals surface area contributed by atoms with Crippen LogP contribution in [0.5, 0.6) is 0 Å². The van der Waals surface area contributed by atoms with Crippen LogP contribution >= 0.6 is 0 Å². The number of likely N-dealkylation sites (N-methyl/N-ethyl adjacent to an activating group) is 1. The Hall–Kier alpha value is -2.21. The maximum Gasteiger partial charge on any atom is 0.245 e. The number of hydrogen-bond donors (Lipinski definition) is 1. The molecule has 0 spiro atoms. The second kappa shape index (κ2) is 9.73. The van der Waals surface area contributed by atoms with Gasteiger partial charge in [0.2, 0.25) is 11.8 Å². The lowest BCUT2D eigenvalue weighted by Crippen LogP contribution is -2.47. The van der Waals surface area contributed by atoms with Crippen LogP contribution in [0.15, 0.2) is 30.3 Å². The maximum absolute atomic E-state index is 13.4. The molecule has 3 rings (SSSR count). The van der Waals surface area contributed by atoms with E-state index in [9.17, 15) is 14.4 Å². The van der Waals surface area contributed by atoms with Gasteiger partial charge in [0.05, 0.1) is 6.04 Å². The fourth-order valence-corrected chi connectivity index (χ4v) is 4.68. The standard InChI is InChI=1S/C24H35N3O3/c1-16(2)20(14-21(28)17(3)25-4)23(29)27-13-11-19-15-26(24(30)22(19)27)12-10-18-8-6-5-7-9-18/h5-9,16-17,19-20,22,25H,10-15H2,1-4H3/t17-,19?,20-,22?/m0/s1. The Morgan fingerprint density at radius 1 is 1.17 bits per heavy atom. The van der Waals surface area contributed by atoms with Gasteiger partial charge in [-0.2, -0.15) is 0 Å². The van der Waals surface area contributed by atoms with Crippen molar-refractivity contribution in [1.29, 1.82) is 0 Å². The van der Waals surface area contributed by atoms with Crippen LogP contribution in [0.2, 0.25) is 0 Å². The van der Waals surface area contributed by atoms with Crippen LogP contribution in [0.4, 0.5) is 0 Å². The number of carbonyl (C=O) groups excluding carboxylic acids is 3. The number of fused-ring (bicyclic) bond motifs is 1. The van der Waals surface area contributed by atoms with Gasteiger partial charge >= 0.3 is 0 Å². The fourth-order valence-electron chi connectivity index (χ4n) is 4.68. The minimum absolute atomic E-state index is 0.0348. The first-order chi connectivity index (χ1) is 14.3. The summed E-state index contributed by atoms with van der Waals surface area (Å²) in [5.41, 5.74) is 1.22. The van der Waals surface area contributed by atoms with Gasteiger partial charge in [0.1, 0.15) is 11.8 Å². The second-order valence-corrected chi connectivity index (χ2v) is 9.08. The van der Waals surface area contributed by atoms with E-state index in [-0.39, 0.29) is 53.9 Å². The van der Waals surface area contributed by atoms with Crippen molar-refractivity contribution in [3.05, 3.63) is 35.9 Å². The van der Waals surface area contributed by atoms with Crippen LogP contribution in [0.3, 0.4) is 0 Å². The molecule has 1 N–H and O–H groups in total. The molecule has 2 unspecified atom stereocenters. The minimum atomic E-state index is -0.377. The molecule has 0 bridgehead atoms. The van der Waals surface area contributed by atoms with Crippen molar-refractivity contribution >= 4 is 17.6 Å². The van der Waals surface area contributed by atoms with E-state index in [2.05, 4.69) is 17.4 Å². The Morgan fingerprint density at radius 2 is 1.87 bits per heavy atom. The molecule has 4 atom stereocenters. The Morgan fingerprint density at radius 3 is 2.50 bits per heavy atom. The molecule has 1 aromatic rings. The summed E-state index contributed by atoms with van der Waals surface area (Å²) in [5.74, 6) is -0.0421. The third-order valence-electron chi connectivity index (χ3n) is 6.80. The van der Waals surface area contributed by atoms with E-state index in [1.807, 2.05) is 43.9 Å². The molecule has 1 aromatic carbocycles. The number of carbonyl (C=O) groups is 3. The van der Waals surface area contributed by atoms with E-state index in [1.165, 1.54) is 5.56 Å². The van der Waals surface area contributed by atoms with Gasteiger partial charge in [-0.3, -0.25) is 14.4 Å². The summed E-state index contributed by atoms with van der Waals surface area (Å²) in [7, 11) is 1.75. The highest BCUT2D eigenvalue weighted by molar-refractivity contribution is 5.94. The molecule has 2 fully saturated rings. The largest absolute Gasteiger partial charge is 0.340 e. The number of ketones is 1. The highest BCUT2D eigenvalue weighted by Crippen LogP contribution is 2.35. The van der Waals surface area contributed by atoms with Crippen LogP contribution in [0.25, 0.3) is 0 Å². The number of amides is 2. The molecule has 6 heteroatoms. The van der Waals surface area contributed by atoms with Gasteiger partial charge in [0.15, 0.2) is 0 Å². The molecule has 2 aliphatic heterocycles. The Kier molecular flexibility index (Phi) is 7.29. The van der Waals surface area contributed by atoms with Gasteiger partial charge < -0.3 is 15.1 Å². The Bertz CT molecular complexity index is 764. The predicted octanol–water partition coefficient (Wildman–Crippen LogP) is 2.13. The molecule has 30 heavy (non-hydrogen) atoms. The van der Waals surface area contributed by atoms with Crippen molar-refractivity contribution in [3.63, 3.8) is 0 Å². The van der Waals surface area contributed by atoms with Crippen LogP contribution in [-0.4, -0.2) is 66.2 Å². The topological polar surface area (TPSA) is 69.7 Å². The SMILES string of the molecule is CN[C@@H](C)C(=O)C[C@H](C(=O)N1CCC2CN(CCc3ccccc3)C(=O)C21)C(C)C. The highest BCUT2D eigenvalue weighted by atomic mass is 16.2. The number of Topliss-reactive ketones (excluding diaryl/α,β-unsaturated/α-hetero) is 1. The molecule has 2 aliphatic rings. The minimum Gasteiger partial charge on any atom is -0.340 e. The molecule has 0 aromatic heterocycles. The molecule has 6 nitrogen and oxygen atoms in total. The quantitative estimate of drug-likeness (QED) is 0.673. The number of nitrogens with zero attached hydrogens (tertiary/aromatic N) is 2. The van der Waals surface area contributed by atoms with Crippen molar-refractivity contribution in [2.45, 2.75) is 52.1 Å². The molecule has 0 saturated carbocycles. The van der Waals surface area contributed by atoms with E-state index in [0.29, 0.717) is 13.1 Å². The van der Waals surface area contributed by atoms with Gasteiger partial charge in [0, 0.05) is 37.9 Å². The first-order valence-corrected chi connectivity index (χ1v) is 11.2. The first-order valence-electron chi connectivity index (χ1n) is 11.2. The molecular weight excluding hydrogens is 378 g/mol. The average molecular weight is 414 g/mol. The van der Waals surface area contributed by atoms with Gasteiger partial charge in [-0.05, 0) is 38.3 Å². The lowest BCUT2D eigenvalue weighted by Gasteiger charge is -2.30. The summed E-state index contributed by atoms with van der Waals surface area (Å²) in [6.07, 6.45) is 1.90. The zero-order chi connectivity index (χ0) is 21.8. The van der Waals surface area contributed by atoms with Crippen LogP contribution < -0.4 is 5.32 Å². The number of nitrogens with one attached hydrogen (secondary N) is 1. The van der Waals surface area contributed by atoms with Gasteiger partial charge in [-0.25, -0.2) is 0 Å². The van der Waals surface area contributed by atoms with Crippen LogP contribution in [-0.2, 0) is 20.8 Å². The van der Waals surface area contributed by atoms with E-state index in [0.717, 1.165) is 19.4 Å². The van der Waals surface area contributed by atoms with Crippen molar-refractivity contribution in [1.82, 2.24) is 15.1 Å². The van der Waals surface area contributed by atoms with Gasteiger partial charge in [-0.15, -0.1) is 0 Å². The molecule has 2 amide bonds. The molecule has 164 valence electrons. The lowest BCUT2D eigenvalue weighted by molar-refractivity contribution is -0.145. The normalized spacial score (nSPS) is 23.0. The highest BCUT2D eigenvalue weighted by Gasteiger charge is 2.50. The summed E-state index contributed by atoms with van der Waals surface area (Å²) in [5, 5.41) is 2.96. The van der Waals surface area contributed by atoms with Crippen molar-refractivity contribution < 1.29 is 14.4 Å². The van der Waals surface area contributed by atoms with Crippen molar-refractivity contribution in [2.75, 3.05) is 26.7 Å². The summed E-state index contributed by atoms with van der Waals surface area (Å²) in [6.45, 7) is 7.81. The van der Waals surface area contributed by atoms with Gasteiger partial charge in [-0.1, -0.05) is 44.2 Å². The fraction of sp³-hybridized carbons (Fsp3) is 0.625. The smallest absolute Gasteiger partial charge is 0.245 e. The third kappa shape index (κ3) is 4.75. The van der Waals surface area contributed by atoms with Gasteiger partial charge in [0.25, 0.3) is 0 Å². The zero-order valence-electron chi connectivity index (χ0n) is 18.6. The third-order valence-corrected chi connectivity index (χ3v) is 6.80. The number of hydrogen-bond acceptors (Lipinski definition) is 4. The number of benzene rings is 1. The van der Waals surface area contributed by atoms with E-state index < -0.39 is 0 Å². The molecule has 0 aliphatic carbocycles. The maximum atomic E-state index is 13.4. The zero-order valence-corrected chi connectivity index (χ0v) is 18.6. The summed E-state index contributed by atoms with van der Waals surface area (Å²) < 4.78 is 0. The molecule has 2 heterocycles. The first kappa shape index (κ1) is 22.5. The lowest BCUT2D eigenvalue weighted by atomic mass is 9.87. The Labute approximate surface area is 180 Å². The molecular formula is C24H35N3O3. The van der Waals surface area contributed by atoms with Crippen LogP contribution in [0.1, 0.15) is 39.2 Å². The summed E-state index contributed by atoms with van der Waals surface area (Å²) in [6, 6.07) is 9.54. The van der Waals surface area contributed by atoms with Crippen molar-refractivity contribution in [2.24, 2.45) is 17.8 Å². The number of rotatable bonds is 9. The summed E-state index contributed by atoms with van der Waals surface area (Å²) >= 11 is 0. The van der Waals surface area contributed by atoms with Crippen LogP contribution in [0, 0.1) is 17.8 Å². The molecule has 0 radical (unpaired) electrons. The van der Waals surface area contributed by atoms with Crippen molar-refractivity contribution in [3.8, 4) is 0 Å². The van der Waals surface area contributed by atoms with E-state index in [1.54, 1.807) is 11.9 Å². The van der Waals surface area contributed by atoms with E-state index in [4.69, 9.17) is 0 Å². The predicted molar refractivity (Wildman–Crippen MR) is 117 cm³/mol. The van der Waals surface area contributed by atoms with E-state index >= 15 is 0 Å². The second-order valence-electron chi connectivity index (χ2n) is 9.08. The monoisotopic (exact) mass is 413 g/mol. The summed E-state index contributed by atoms with van der Waals surface area (Å²) in [4.78, 5) is 42.7. The number of likely N-dealkylation sites (tertiary alicyclic amines) is 2. The molecule has 2 saturated heterocycles.